The molecule has 2 rings (SSSR count). The summed E-state index contributed by atoms with van der Waals surface area (Å²) < 4.78 is 0. The predicted octanol–water partition coefficient (Wildman–Crippen LogP) is 0.914. The van der Waals surface area contributed by atoms with Gasteiger partial charge < -0.3 is 5.32 Å². The van der Waals surface area contributed by atoms with Gasteiger partial charge in [0.05, 0.1) is 11.4 Å². The van der Waals surface area contributed by atoms with E-state index in [0.29, 0.717) is 18.6 Å². The first-order valence-corrected chi connectivity index (χ1v) is 6.69. The molecule has 1 aliphatic heterocycles. The van der Waals surface area contributed by atoms with Gasteiger partial charge in [0.15, 0.2) is 0 Å². The van der Waals surface area contributed by atoms with Gasteiger partial charge in [-0.3, -0.25) is 15.0 Å². The number of amides is 2. The van der Waals surface area contributed by atoms with E-state index in [1.54, 1.807) is 7.05 Å². The van der Waals surface area contributed by atoms with E-state index >= 15 is 0 Å². The number of aryl methyl sites for hydroxylation is 1. The zero-order valence-electron chi connectivity index (χ0n) is 10.1. The molecule has 0 radical (unpaired) electrons. The summed E-state index contributed by atoms with van der Waals surface area (Å²) in [4.78, 5) is 23.7. The van der Waals surface area contributed by atoms with Crippen molar-refractivity contribution in [2.75, 3.05) is 18.1 Å². The van der Waals surface area contributed by atoms with E-state index in [4.69, 9.17) is 0 Å². The van der Waals surface area contributed by atoms with Crippen LogP contribution in [0.25, 0.3) is 0 Å². The van der Waals surface area contributed by atoms with Crippen molar-refractivity contribution in [1.29, 1.82) is 0 Å². The van der Waals surface area contributed by atoms with Crippen LogP contribution < -0.4 is 16.2 Å². The second-order valence-electron chi connectivity index (χ2n) is 3.97. The molecule has 1 aromatic rings. The van der Waals surface area contributed by atoms with E-state index in [1.165, 1.54) is 11.8 Å². The van der Waals surface area contributed by atoms with Crippen molar-refractivity contribution < 1.29 is 9.59 Å². The molecule has 5 nitrogen and oxygen atoms in total. The molecule has 0 aromatic heterocycles. The number of hydrazine groups is 1. The summed E-state index contributed by atoms with van der Waals surface area (Å²) in [6, 6.07) is 5.92. The van der Waals surface area contributed by atoms with Crippen LogP contribution in [0.4, 0.5) is 5.69 Å². The Bertz CT molecular complexity index is 476. The summed E-state index contributed by atoms with van der Waals surface area (Å²) in [5.74, 6) is 0.447. The number of carbonyl (C=O) groups excluding carboxylic acids is 2. The molecule has 0 fully saturated rings. The lowest BCUT2D eigenvalue weighted by atomic mass is 10.1. The molecule has 2 amide bonds. The van der Waals surface area contributed by atoms with Crippen LogP contribution in [0.1, 0.15) is 12.0 Å². The van der Waals surface area contributed by atoms with E-state index in [-0.39, 0.29) is 11.8 Å². The number of hydrogen-bond donors (Lipinski definition) is 3. The van der Waals surface area contributed by atoms with Crippen LogP contribution >= 0.6 is 11.8 Å². The maximum atomic E-state index is 11.3. The third kappa shape index (κ3) is 3.24. The Labute approximate surface area is 110 Å². The molecule has 0 bridgehead atoms. The highest BCUT2D eigenvalue weighted by molar-refractivity contribution is 8.00. The summed E-state index contributed by atoms with van der Waals surface area (Å²) in [5, 5.41) is 2.84. The molecule has 1 heterocycles. The zero-order chi connectivity index (χ0) is 13.0. The van der Waals surface area contributed by atoms with Gasteiger partial charge in [-0.25, -0.2) is 5.43 Å². The molecule has 1 aliphatic rings. The lowest BCUT2D eigenvalue weighted by Crippen LogP contribution is -2.34. The number of thioether (sulfide) groups is 1. The van der Waals surface area contributed by atoms with Crippen LogP contribution in [-0.4, -0.2) is 24.6 Å². The minimum atomic E-state index is -0.0476. The number of nitrogens with one attached hydrogen (secondary N) is 3. The largest absolute Gasteiger partial charge is 0.324 e. The van der Waals surface area contributed by atoms with Crippen molar-refractivity contribution in [2.24, 2.45) is 0 Å². The SMILES string of the molecule is CNNC(=O)CCc1ccc2c(c1)NC(=O)CS2. The molecule has 0 aliphatic carbocycles. The molecule has 0 saturated carbocycles. The molecule has 0 unspecified atom stereocenters. The fraction of sp³-hybridized carbons (Fsp3) is 0.333. The zero-order valence-corrected chi connectivity index (χ0v) is 10.9. The Kier molecular flexibility index (Phi) is 4.22. The number of rotatable bonds is 4. The molecule has 96 valence electrons. The van der Waals surface area contributed by atoms with Crippen molar-refractivity contribution >= 4 is 29.3 Å². The van der Waals surface area contributed by atoms with E-state index in [1.807, 2.05) is 18.2 Å². The summed E-state index contributed by atoms with van der Waals surface area (Å²) >= 11 is 1.54. The standard InChI is InChI=1S/C12H15N3O2S/c1-13-15-11(16)5-3-8-2-4-10-9(6-8)14-12(17)7-18-10/h2,4,6,13H,3,5,7H2,1H3,(H,14,17)(H,15,16). The summed E-state index contributed by atoms with van der Waals surface area (Å²) in [5.41, 5.74) is 7.02. The Morgan fingerprint density at radius 2 is 2.33 bits per heavy atom. The molecule has 1 aromatic carbocycles. The van der Waals surface area contributed by atoms with E-state index < -0.39 is 0 Å². The highest BCUT2D eigenvalue weighted by Crippen LogP contribution is 2.32. The fourth-order valence-corrected chi connectivity index (χ4v) is 2.53. The average Bonchev–Trinajstić information content (AvgIpc) is 2.36. The number of benzene rings is 1. The maximum Gasteiger partial charge on any atom is 0.234 e. The fourth-order valence-electron chi connectivity index (χ4n) is 1.75. The number of carbonyl (C=O) groups is 2. The summed E-state index contributed by atoms with van der Waals surface area (Å²) in [7, 11) is 1.66. The summed E-state index contributed by atoms with van der Waals surface area (Å²) in [6.45, 7) is 0. The van der Waals surface area contributed by atoms with Crippen LogP contribution in [0, 0.1) is 0 Å². The minimum Gasteiger partial charge on any atom is -0.324 e. The molecule has 6 heteroatoms. The first kappa shape index (κ1) is 12.9. The first-order valence-electron chi connectivity index (χ1n) is 5.70. The Hall–Kier alpha value is -1.53. The van der Waals surface area contributed by atoms with Crippen LogP contribution in [0.15, 0.2) is 23.1 Å². The Morgan fingerprint density at radius 3 is 3.11 bits per heavy atom. The van der Waals surface area contributed by atoms with Gasteiger partial charge in [0.2, 0.25) is 11.8 Å². The lowest BCUT2D eigenvalue weighted by Gasteiger charge is -2.17. The van der Waals surface area contributed by atoms with Gasteiger partial charge in [0.25, 0.3) is 0 Å². The first-order chi connectivity index (χ1) is 8.69. The van der Waals surface area contributed by atoms with Gasteiger partial charge in [-0.05, 0) is 24.1 Å². The van der Waals surface area contributed by atoms with Gasteiger partial charge in [0, 0.05) is 18.4 Å². The average molecular weight is 265 g/mol. The Morgan fingerprint density at radius 1 is 1.50 bits per heavy atom. The second-order valence-corrected chi connectivity index (χ2v) is 4.98. The van der Waals surface area contributed by atoms with Gasteiger partial charge in [-0.2, -0.15) is 0 Å². The monoisotopic (exact) mass is 265 g/mol. The minimum absolute atomic E-state index is 0.0255. The van der Waals surface area contributed by atoms with E-state index in [0.717, 1.165) is 16.1 Å². The maximum absolute atomic E-state index is 11.3. The molecule has 0 saturated heterocycles. The molecular weight excluding hydrogens is 250 g/mol. The number of anilines is 1. The summed E-state index contributed by atoms with van der Waals surface area (Å²) in [6.07, 6.45) is 1.07. The predicted molar refractivity (Wildman–Crippen MR) is 71.3 cm³/mol. The molecule has 3 N–H and O–H groups in total. The number of hydrogen-bond acceptors (Lipinski definition) is 4. The Balaban J connectivity index is 2.00. The van der Waals surface area contributed by atoms with E-state index in [2.05, 4.69) is 16.2 Å². The van der Waals surface area contributed by atoms with Crippen molar-refractivity contribution in [3.63, 3.8) is 0 Å². The van der Waals surface area contributed by atoms with E-state index in [9.17, 15) is 9.59 Å². The highest BCUT2D eigenvalue weighted by atomic mass is 32.2. The van der Waals surface area contributed by atoms with Gasteiger partial charge in [-0.1, -0.05) is 6.07 Å². The topological polar surface area (TPSA) is 70.2 Å². The third-order valence-electron chi connectivity index (χ3n) is 2.58. The van der Waals surface area contributed by atoms with Crippen LogP contribution in [-0.2, 0) is 16.0 Å². The smallest absolute Gasteiger partial charge is 0.234 e. The number of fused-ring (bicyclic) bond motifs is 1. The third-order valence-corrected chi connectivity index (χ3v) is 3.66. The second kappa shape index (κ2) is 5.88. The van der Waals surface area contributed by atoms with Gasteiger partial charge in [-0.15, -0.1) is 11.8 Å². The van der Waals surface area contributed by atoms with Crippen molar-refractivity contribution in [3.8, 4) is 0 Å². The van der Waals surface area contributed by atoms with Crippen LogP contribution in [0.2, 0.25) is 0 Å². The van der Waals surface area contributed by atoms with Crippen molar-refractivity contribution in [2.45, 2.75) is 17.7 Å². The van der Waals surface area contributed by atoms with Crippen molar-refractivity contribution in [1.82, 2.24) is 10.9 Å². The normalized spacial score (nSPS) is 13.7. The molecule has 0 spiro atoms. The lowest BCUT2D eigenvalue weighted by molar-refractivity contribution is -0.121. The van der Waals surface area contributed by atoms with Crippen molar-refractivity contribution in [3.05, 3.63) is 23.8 Å². The quantitative estimate of drug-likeness (QED) is 0.708. The highest BCUT2D eigenvalue weighted by Gasteiger charge is 2.15. The molecule has 18 heavy (non-hydrogen) atoms. The van der Waals surface area contributed by atoms with Crippen LogP contribution in [0.5, 0.6) is 0 Å². The molecule has 0 atom stereocenters. The van der Waals surface area contributed by atoms with Gasteiger partial charge in [0.1, 0.15) is 0 Å². The molecular formula is C12H15N3O2S. The van der Waals surface area contributed by atoms with Gasteiger partial charge >= 0.3 is 0 Å². The van der Waals surface area contributed by atoms with Crippen LogP contribution in [0.3, 0.4) is 0 Å².